The Balaban J connectivity index is 1.49. The van der Waals surface area contributed by atoms with Gasteiger partial charge in [-0.1, -0.05) is 27.7 Å². The van der Waals surface area contributed by atoms with Crippen LogP contribution >= 0.6 is 27.7 Å². The lowest BCUT2D eigenvalue weighted by atomic mass is 10.2. The van der Waals surface area contributed by atoms with Crippen molar-refractivity contribution in [3.8, 4) is 0 Å². The molecule has 1 amide bonds. The molecular weight excluding hydrogens is 490 g/mol. The van der Waals surface area contributed by atoms with Gasteiger partial charge in [0, 0.05) is 28.6 Å². The Kier molecular flexibility index (Phi) is 6.15. The SMILES string of the molecule is COCCn1c(NC(=O)CSc2nnc3c(n2)[nH]c2ccc(Br)cc23)cc(=O)[nH]c1=O. The molecule has 3 heterocycles. The monoisotopic (exact) mass is 505 g/mol. The summed E-state index contributed by atoms with van der Waals surface area (Å²) in [6.45, 7) is 0.416. The summed E-state index contributed by atoms with van der Waals surface area (Å²) in [5, 5.41) is 12.1. The number of halogens is 1. The van der Waals surface area contributed by atoms with Crippen molar-refractivity contribution < 1.29 is 9.53 Å². The Morgan fingerprint density at radius 3 is 2.90 bits per heavy atom. The van der Waals surface area contributed by atoms with Gasteiger partial charge in [0.2, 0.25) is 11.1 Å². The molecule has 3 aromatic heterocycles. The zero-order valence-corrected chi connectivity index (χ0v) is 18.5. The molecule has 0 atom stereocenters. The van der Waals surface area contributed by atoms with E-state index in [0.717, 1.165) is 33.2 Å². The standard InChI is InChI=1S/C18H16BrN7O4S/c1-30-5-4-26-12(7-13(27)22-18(26)29)21-14(28)8-31-17-23-16-15(24-25-17)10-6-9(19)2-3-11(10)20-16/h2-3,6-7H,4-5,8H2,1H3,(H,21,28)(H,20,23,25)(H,22,27,29). The van der Waals surface area contributed by atoms with E-state index in [-0.39, 0.29) is 24.7 Å². The predicted octanol–water partition coefficient (Wildman–Crippen LogP) is 1.50. The van der Waals surface area contributed by atoms with Crippen molar-refractivity contribution in [2.45, 2.75) is 11.7 Å². The van der Waals surface area contributed by atoms with E-state index in [1.807, 2.05) is 18.2 Å². The van der Waals surface area contributed by atoms with Gasteiger partial charge < -0.3 is 15.0 Å². The fourth-order valence-corrected chi connectivity index (χ4v) is 3.88. The third-order valence-corrected chi connectivity index (χ3v) is 5.64. The molecule has 0 spiro atoms. The zero-order valence-electron chi connectivity index (χ0n) is 16.1. The molecule has 31 heavy (non-hydrogen) atoms. The van der Waals surface area contributed by atoms with E-state index < -0.39 is 17.2 Å². The number of carbonyl (C=O) groups excluding carboxylic acids is 1. The van der Waals surface area contributed by atoms with Gasteiger partial charge >= 0.3 is 5.69 Å². The first-order valence-electron chi connectivity index (χ1n) is 9.02. The first-order chi connectivity index (χ1) is 14.9. The third-order valence-electron chi connectivity index (χ3n) is 4.31. The number of amides is 1. The average molecular weight is 506 g/mol. The molecule has 13 heteroatoms. The molecule has 11 nitrogen and oxygen atoms in total. The maximum absolute atomic E-state index is 12.4. The summed E-state index contributed by atoms with van der Waals surface area (Å²) in [5.74, 6) is -0.373. The first kappa shape index (κ1) is 21.2. The lowest BCUT2D eigenvalue weighted by Gasteiger charge is -2.12. The maximum Gasteiger partial charge on any atom is 0.329 e. The minimum atomic E-state index is -0.629. The molecule has 0 aliphatic carbocycles. The normalized spacial score (nSPS) is 11.3. The number of rotatable bonds is 7. The number of methoxy groups -OCH3 is 1. The van der Waals surface area contributed by atoms with E-state index in [1.165, 1.54) is 11.7 Å². The van der Waals surface area contributed by atoms with Crippen LogP contribution in [-0.2, 0) is 16.1 Å². The molecule has 3 N–H and O–H groups in total. The topological polar surface area (TPSA) is 148 Å². The molecule has 0 fully saturated rings. The highest BCUT2D eigenvalue weighted by Gasteiger charge is 2.13. The fourth-order valence-electron chi connectivity index (χ4n) is 2.93. The molecular formula is C18H16BrN7O4S. The highest BCUT2D eigenvalue weighted by molar-refractivity contribution is 9.10. The highest BCUT2D eigenvalue weighted by Crippen LogP contribution is 2.26. The number of nitrogens with zero attached hydrogens (tertiary/aromatic N) is 4. The van der Waals surface area contributed by atoms with E-state index in [9.17, 15) is 14.4 Å². The van der Waals surface area contributed by atoms with E-state index >= 15 is 0 Å². The Bertz CT molecular complexity index is 1400. The van der Waals surface area contributed by atoms with E-state index in [0.29, 0.717) is 16.3 Å². The second-order valence-corrected chi connectivity index (χ2v) is 8.27. The van der Waals surface area contributed by atoms with Crippen LogP contribution in [-0.4, -0.2) is 55.1 Å². The Morgan fingerprint density at radius 1 is 1.26 bits per heavy atom. The number of fused-ring (bicyclic) bond motifs is 3. The number of carbonyl (C=O) groups is 1. The number of nitrogens with one attached hydrogen (secondary N) is 3. The van der Waals surface area contributed by atoms with Crippen LogP contribution in [0.1, 0.15) is 0 Å². The zero-order chi connectivity index (χ0) is 22.0. The van der Waals surface area contributed by atoms with Gasteiger partial charge in [-0.15, -0.1) is 10.2 Å². The van der Waals surface area contributed by atoms with Crippen LogP contribution in [0.5, 0.6) is 0 Å². The number of ether oxygens (including phenoxy) is 1. The summed E-state index contributed by atoms with van der Waals surface area (Å²) in [5.41, 5.74) is 0.842. The predicted molar refractivity (Wildman–Crippen MR) is 119 cm³/mol. The van der Waals surface area contributed by atoms with Crippen molar-refractivity contribution in [2.24, 2.45) is 0 Å². The number of H-pyrrole nitrogens is 2. The van der Waals surface area contributed by atoms with Crippen molar-refractivity contribution >= 4 is 61.5 Å². The van der Waals surface area contributed by atoms with Crippen molar-refractivity contribution in [3.05, 3.63) is 49.6 Å². The summed E-state index contributed by atoms with van der Waals surface area (Å²) in [6.07, 6.45) is 0. The van der Waals surface area contributed by atoms with Gasteiger partial charge in [0.15, 0.2) is 5.65 Å². The molecule has 0 aliphatic heterocycles. The van der Waals surface area contributed by atoms with Gasteiger partial charge in [-0.2, -0.15) is 0 Å². The molecule has 0 aliphatic rings. The van der Waals surface area contributed by atoms with Crippen LogP contribution in [0.4, 0.5) is 5.82 Å². The number of hydrogen-bond acceptors (Lipinski definition) is 8. The van der Waals surface area contributed by atoms with Crippen LogP contribution < -0.4 is 16.6 Å². The number of benzene rings is 1. The molecule has 0 unspecified atom stereocenters. The van der Waals surface area contributed by atoms with Crippen molar-refractivity contribution in [1.29, 1.82) is 0 Å². The number of aromatic nitrogens is 6. The number of hydrogen-bond donors (Lipinski definition) is 3. The Labute approximate surface area is 186 Å². The lowest BCUT2D eigenvalue weighted by Crippen LogP contribution is -2.34. The summed E-state index contributed by atoms with van der Waals surface area (Å²) >= 11 is 4.52. The van der Waals surface area contributed by atoms with Gasteiger partial charge in [-0.3, -0.25) is 19.1 Å². The van der Waals surface area contributed by atoms with Crippen LogP contribution in [0, 0.1) is 0 Å². The summed E-state index contributed by atoms with van der Waals surface area (Å²) in [4.78, 5) is 45.8. The smallest absolute Gasteiger partial charge is 0.329 e. The van der Waals surface area contributed by atoms with Crippen LogP contribution in [0.2, 0.25) is 0 Å². The van der Waals surface area contributed by atoms with E-state index in [2.05, 4.69) is 46.4 Å². The van der Waals surface area contributed by atoms with Crippen molar-refractivity contribution in [1.82, 2.24) is 29.7 Å². The highest BCUT2D eigenvalue weighted by atomic mass is 79.9. The third kappa shape index (κ3) is 4.68. The van der Waals surface area contributed by atoms with Gasteiger partial charge in [0.1, 0.15) is 11.3 Å². The van der Waals surface area contributed by atoms with Crippen LogP contribution in [0.3, 0.4) is 0 Å². The maximum atomic E-state index is 12.4. The minimum Gasteiger partial charge on any atom is -0.383 e. The fraction of sp³-hybridized carbons (Fsp3) is 0.222. The molecule has 0 radical (unpaired) electrons. The number of anilines is 1. The van der Waals surface area contributed by atoms with Crippen molar-refractivity contribution in [3.63, 3.8) is 0 Å². The first-order valence-corrected chi connectivity index (χ1v) is 10.8. The largest absolute Gasteiger partial charge is 0.383 e. The molecule has 160 valence electrons. The summed E-state index contributed by atoms with van der Waals surface area (Å²) in [7, 11) is 1.49. The Hall–Kier alpha value is -3.03. The molecule has 4 aromatic rings. The van der Waals surface area contributed by atoms with Gasteiger partial charge in [-0.25, -0.2) is 9.78 Å². The van der Waals surface area contributed by atoms with Crippen LogP contribution in [0.15, 0.2) is 43.5 Å². The molecule has 0 saturated heterocycles. The van der Waals surface area contributed by atoms with Crippen molar-refractivity contribution in [2.75, 3.05) is 24.8 Å². The number of aromatic amines is 2. The molecule has 0 bridgehead atoms. The second-order valence-electron chi connectivity index (χ2n) is 6.41. The minimum absolute atomic E-state index is 0.0375. The average Bonchev–Trinajstić information content (AvgIpc) is 3.08. The lowest BCUT2D eigenvalue weighted by molar-refractivity contribution is -0.113. The van der Waals surface area contributed by atoms with Gasteiger partial charge in [-0.05, 0) is 18.2 Å². The van der Waals surface area contributed by atoms with Crippen LogP contribution in [0.25, 0.3) is 22.1 Å². The summed E-state index contributed by atoms with van der Waals surface area (Å²) in [6, 6.07) is 6.89. The quantitative estimate of drug-likeness (QED) is 0.320. The second kappa shape index (κ2) is 8.99. The molecule has 4 rings (SSSR count). The molecule has 0 saturated carbocycles. The van der Waals surface area contributed by atoms with Gasteiger partial charge in [0.25, 0.3) is 5.56 Å². The van der Waals surface area contributed by atoms with E-state index in [4.69, 9.17) is 4.74 Å². The Morgan fingerprint density at radius 2 is 2.10 bits per heavy atom. The summed E-state index contributed by atoms with van der Waals surface area (Å²) < 4.78 is 7.10. The van der Waals surface area contributed by atoms with Gasteiger partial charge in [0.05, 0.1) is 18.9 Å². The van der Waals surface area contributed by atoms with E-state index in [1.54, 1.807) is 0 Å². The molecule has 1 aromatic carbocycles. The number of thioether (sulfide) groups is 1.